The zero-order valence-electron chi connectivity index (χ0n) is 14.2. The van der Waals surface area contributed by atoms with Gasteiger partial charge in [0.2, 0.25) is 11.7 Å². The Labute approximate surface area is 140 Å². The lowest BCUT2D eigenvalue weighted by atomic mass is 9.80. The number of carbonyl (C=O) groups is 2. The van der Waals surface area contributed by atoms with Gasteiger partial charge in [-0.05, 0) is 30.0 Å². The zero-order valence-corrected chi connectivity index (χ0v) is 14.2. The predicted octanol–water partition coefficient (Wildman–Crippen LogP) is 2.18. The molecule has 0 bridgehead atoms. The first kappa shape index (κ1) is 16.4. The SMILES string of the molecule is COc1cc([C@H]2CC(C)[C@@H]3COC(=O)N3C2=O)cc(OC)c1OC. The van der Waals surface area contributed by atoms with Gasteiger partial charge in [0.1, 0.15) is 6.61 Å². The van der Waals surface area contributed by atoms with E-state index in [0.717, 1.165) is 5.56 Å². The van der Waals surface area contributed by atoms with Crippen LogP contribution in [0.25, 0.3) is 0 Å². The van der Waals surface area contributed by atoms with E-state index in [4.69, 9.17) is 18.9 Å². The lowest BCUT2D eigenvalue weighted by Gasteiger charge is -2.35. The molecule has 0 radical (unpaired) electrons. The van der Waals surface area contributed by atoms with Crippen LogP contribution in [0, 0.1) is 5.92 Å². The Kier molecular flexibility index (Phi) is 4.26. The van der Waals surface area contributed by atoms with Crippen LogP contribution in [0.2, 0.25) is 0 Å². The number of carbonyl (C=O) groups excluding carboxylic acids is 2. The summed E-state index contributed by atoms with van der Waals surface area (Å²) in [5.41, 5.74) is 0.736. The first-order valence-electron chi connectivity index (χ1n) is 7.81. The van der Waals surface area contributed by atoms with Gasteiger partial charge in [-0.15, -0.1) is 0 Å². The molecule has 0 aromatic heterocycles. The Morgan fingerprint density at radius 1 is 1.08 bits per heavy atom. The molecule has 2 fully saturated rings. The Hall–Kier alpha value is -2.44. The van der Waals surface area contributed by atoms with Crippen molar-refractivity contribution in [3.8, 4) is 17.2 Å². The molecule has 1 aromatic carbocycles. The highest BCUT2D eigenvalue weighted by Crippen LogP contribution is 2.44. The Morgan fingerprint density at radius 3 is 2.25 bits per heavy atom. The van der Waals surface area contributed by atoms with Crippen LogP contribution in [0.15, 0.2) is 12.1 Å². The molecule has 1 aromatic rings. The minimum absolute atomic E-state index is 0.151. The summed E-state index contributed by atoms with van der Waals surface area (Å²) in [5.74, 6) is 0.902. The summed E-state index contributed by atoms with van der Waals surface area (Å²) >= 11 is 0. The predicted molar refractivity (Wildman–Crippen MR) is 84.6 cm³/mol. The first-order chi connectivity index (χ1) is 11.5. The Bertz CT molecular complexity index is 648. The van der Waals surface area contributed by atoms with Gasteiger partial charge in [-0.3, -0.25) is 4.79 Å². The number of hydrogen-bond acceptors (Lipinski definition) is 6. The van der Waals surface area contributed by atoms with Crippen molar-refractivity contribution in [2.75, 3.05) is 27.9 Å². The van der Waals surface area contributed by atoms with E-state index in [2.05, 4.69) is 0 Å². The number of methoxy groups -OCH3 is 3. The van der Waals surface area contributed by atoms with Crippen molar-refractivity contribution in [1.82, 2.24) is 4.90 Å². The van der Waals surface area contributed by atoms with E-state index in [-0.39, 0.29) is 24.5 Å². The molecule has 3 rings (SSSR count). The standard InChI is InChI=1S/C17H21NO6/c1-9-5-11(16(19)18-12(9)8-24-17(18)20)10-6-13(21-2)15(23-4)14(7-10)22-3/h6-7,9,11-12H,5,8H2,1-4H3/t9?,11-,12+/m1/s1. The van der Waals surface area contributed by atoms with E-state index in [1.807, 2.05) is 6.92 Å². The number of nitrogens with zero attached hydrogens (tertiary/aromatic N) is 1. The monoisotopic (exact) mass is 335 g/mol. The van der Waals surface area contributed by atoms with Crippen LogP contribution < -0.4 is 14.2 Å². The average molecular weight is 335 g/mol. The molecule has 7 nitrogen and oxygen atoms in total. The fourth-order valence-electron chi connectivity index (χ4n) is 3.49. The minimum Gasteiger partial charge on any atom is -0.493 e. The number of imide groups is 1. The van der Waals surface area contributed by atoms with E-state index >= 15 is 0 Å². The molecule has 130 valence electrons. The number of ether oxygens (including phenoxy) is 4. The minimum atomic E-state index is -0.561. The molecule has 2 amide bonds. The van der Waals surface area contributed by atoms with Crippen molar-refractivity contribution in [2.45, 2.75) is 25.3 Å². The highest BCUT2D eigenvalue weighted by Gasteiger charge is 2.48. The van der Waals surface area contributed by atoms with Gasteiger partial charge in [-0.25, -0.2) is 9.69 Å². The quantitative estimate of drug-likeness (QED) is 0.840. The third-order valence-corrected chi connectivity index (χ3v) is 4.80. The van der Waals surface area contributed by atoms with Gasteiger partial charge in [0.05, 0.1) is 33.3 Å². The van der Waals surface area contributed by atoms with E-state index in [0.29, 0.717) is 23.7 Å². The van der Waals surface area contributed by atoms with Crippen molar-refractivity contribution < 1.29 is 28.5 Å². The van der Waals surface area contributed by atoms with E-state index < -0.39 is 12.0 Å². The maximum Gasteiger partial charge on any atom is 0.417 e. The third kappa shape index (κ3) is 2.44. The largest absolute Gasteiger partial charge is 0.493 e. The molecule has 24 heavy (non-hydrogen) atoms. The number of amides is 2. The van der Waals surface area contributed by atoms with Crippen molar-refractivity contribution >= 4 is 12.0 Å². The normalized spacial score (nSPS) is 26.0. The summed E-state index contributed by atoms with van der Waals surface area (Å²) < 4.78 is 21.1. The van der Waals surface area contributed by atoms with Crippen molar-refractivity contribution in [3.05, 3.63) is 17.7 Å². The van der Waals surface area contributed by atoms with Crippen LogP contribution in [0.5, 0.6) is 17.2 Å². The van der Waals surface area contributed by atoms with Crippen LogP contribution in [-0.2, 0) is 9.53 Å². The highest BCUT2D eigenvalue weighted by atomic mass is 16.6. The highest BCUT2D eigenvalue weighted by molar-refractivity contribution is 5.98. The second-order valence-electron chi connectivity index (χ2n) is 6.08. The molecule has 3 atom stereocenters. The van der Waals surface area contributed by atoms with Gasteiger partial charge >= 0.3 is 6.09 Å². The molecule has 0 saturated carbocycles. The van der Waals surface area contributed by atoms with Crippen LogP contribution in [0.4, 0.5) is 4.79 Å². The molecule has 2 saturated heterocycles. The van der Waals surface area contributed by atoms with Gasteiger partial charge in [-0.1, -0.05) is 6.92 Å². The zero-order chi connectivity index (χ0) is 17.4. The average Bonchev–Trinajstić information content (AvgIpc) is 2.99. The summed E-state index contributed by atoms with van der Waals surface area (Å²) in [6.07, 6.45) is 0.0731. The summed E-state index contributed by atoms with van der Waals surface area (Å²) in [6.45, 7) is 2.30. The van der Waals surface area contributed by atoms with Crippen LogP contribution in [-0.4, -0.2) is 50.9 Å². The Morgan fingerprint density at radius 2 is 1.71 bits per heavy atom. The number of piperidine rings is 1. The Balaban J connectivity index is 2.02. The summed E-state index contributed by atoms with van der Waals surface area (Å²) in [6, 6.07) is 3.35. The van der Waals surface area contributed by atoms with Crippen molar-refractivity contribution in [2.24, 2.45) is 5.92 Å². The van der Waals surface area contributed by atoms with Gasteiger partial charge in [0.15, 0.2) is 11.5 Å². The molecular formula is C17H21NO6. The van der Waals surface area contributed by atoms with Gasteiger partial charge in [0.25, 0.3) is 0 Å². The molecule has 2 aliphatic heterocycles. The molecular weight excluding hydrogens is 314 g/mol. The smallest absolute Gasteiger partial charge is 0.417 e. The maximum atomic E-state index is 12.8. The molecule has 0 N–H and O–H groups in total. The lowest BCUT2D eigenvalue weighted by Crippen LogP contribution is -2.49. The maximum absolute atomic E-state index is 12.8. The number of cyclic esters (lactones) is 1. The van der Waals surface area contributed by atoms with Crippen LogP contribution >= 0.6 is 0 Å². The van der Waals surface area contributed by atoms with Crippen LogP contribution in [0.1, 0.15) is 24.8 Å². The van der Waals surface area contributed by atoms with E-state index in [1.165, 1.54) is 26.2 Å². The molecule has 0 aliphatic carbocycles. The second kappa shape index (κ2) is 6.22. The van der Waals surface area contributed by atoms with E-state index in [9.17, 15) is 9.59 Å². The number of rotatable bonds is 4. The summed E-state index contributed by atoms with van der Waals surface area (Å²) in [7, 11) is 4.58. The number of benzene rings is 1. The van der Waals surface area contributed by atoms with Crippen molar-refractivity contribution in [1.29, 1.82) is 0 Å². The third-order valence-electron chi connectivity index (χ3n) is 4.80. The van der Waals surface area contributed by atoms with E-state index in [1.54, 1.807) is 12.1 Å². The molecule has 2 aliphatic rings. The molecule has 2 heterocycles. The second-order valence-corrected chi connectivity index (χ2v) is 6.08. The first-order valence-corrected chi connectivity index (χ1v) is 7.81. The summed E-state index contributed by atoms with van der Waals surface area (Å²) in [5, 5.41) is 0. The fourth-order valence-corrected chi connectivity index (χ4v) is 3.49. The fraction of sp³-hybridized carbons (Fsp3) is 0.529. The lowest BCUT2D eigenvalue weighted by molar-refractivity contribution is -0.134. The number of fused-ring (bicyclic) bond motifs is 1. The summed E-state index contributed by atoms with van der Waals surface area (Å²) in [4.78, 5) is 26.0. The molecule has 0 spiro atoms. The van der Waals surface area contributed by atoms with Crippen LogP contribution in [0.3, 0.4) is 0 Å². The van der Waals surface area contributed by atoms with Crippen molar-refractivity contribution in [3.63, 3.8) is 0 Å². The molecule has 1 unspecified atom stereocenters. The molecule has 7 heteroatoms. The van der Waals surface area contributed by atoms with Gasteiger partial charge in [-0.2, -0.15) is 0 Å². The topological polar surface area (TPSA) is 74.3 Å². The van der Waals surface area contributed by atoms with Gasteiger partial charge in [0, 0.05) is 0 Å². The van der Waals surface area contributed by atoms with Gasteiger partial charge < -0.3 is 18.9 Å². The number of hydrogen-bond donors (Lipinski definition) is 0.